The lowest BCUT2D eigenvalue weighted by Gasteiger charge is -2.37. The van der Waals surface area contributed by atoms with E-state index < -0.39 is 6.10 Å². The molecule has 7 nitrogen and oxygen atoms in total. The number of rotatable bonds is 7. The average Bonchev–Trinajstić information content (AvgIpc) is 3.62. The van der Waals surface area contributed by atoms with Gasteiger partial charge in [-0.2, -0.15) is 0 Å². The number of fused-ring (bicyclic) bond motifs is 1. The Labute approximate surface area is 216 Å². The molecule has 1 aliphatic rings. The molecule has 0 saturated heterocycles. The van der Waals surface area contributed by atoms with Crippen molar-refractivity contribution in [1.82, 2.24) is 9.80 Å². The Kier molecular flexibility index (Phi) is 6.86. The zero-order chi connectivity index (χ0) is 25.9. The van der Waals surface area contributed by atoms with E-state index in [4.69, 9.17) is 13.6 Å². The first-order valence-corrected chi connectivity index (χ1v) is 12.4. The Bertz CT molecular complexity index is 1380. The minimum Gasteiger partial charge on any atom is -0.481 e. The molecule has 0 N–H and O–H groups in total. The van der Waals surface area contributed by atoms with E-state index in [1.807, 2.05) is 54.3 Å². The fourth-order valence-corrected chi connectivity index (χ4v) is 4.91. The van der Waals surface area contributed by atoms with Crippen LogP contribution >= 0.6 is 0 Å². The highest BCUT2D eigenvalue weighted by Gasteiger charge is 2.34. The van der Waals surface area contributed by atoms with Crippen LogP contribution in [0.25, 0.3) is 0 Å². The lowest BCUT2D eigenvalue weighted by atomic mass is 9.87. The van der Waals surface area contributed by atoms with Crippen molar-refractivity contribution in [1.29, 1.82) is 0 Å². The van der Waals surface area contributed by atoms with Crippen LogP contribution in [0, 0.1) is 6.92 Å². The van der Waals surface area contributed by atoms with Crippen molar-refractivity contribution in [2.24, 2.45) is 0 Å². The predicted octanol–water partition coefficient (Wildman–Crippen LogP) is 5.39. The smallest absolute Gasteiger partial charge is 0.290 e. The summed E-state index contributed by atoms with van der Waals surface area (Å²) in [5, 5.41) is 0. The number of likely N-dealkylation sites (N-methyl/N-ethyl adjacent to an activating group) is 1. The SMILES string of the molecule is Cc1cccc([C@@H]2c3cc(O[C@H](C)C(=O)N(C)Cc4ccco4)ccc3CCN2C(=O)c2ccco2)c1. The van der Waals surface area contributed by atoms with Gasteiger partial charge in [-0.15, -0.1) is 0 Å². The fourth-order valence-electron chi connectivity index (χ4n) is 4.91. The summed E-state index contributed by atoms with van der Waals surface area (Å²) in [7, 11) is 1.73. The Morgan fingerprint density at radius 2 is 1.86 bits per heavy atom. The van der Waals surface area contributed by atoms with E-state index in [2.05, 4.69) is 6.07 Å². The molecule has 0 saturated carbocycles. The van der Waals surface area contributed by atoms with Crippen LogP contribution in [0.2, 0.25) is 0 Å². The molecule has 190 valence electrons. The zero-order valence-electron chi connectivity index (χ0n) is 21.2. The number of hydrogen-bond donors (Lipinski definition) is 0. The third-order valence-electron chi connectivity index (χ3n) is 6.71. The van der Waals surface area contributed by atoms with Crippen molar-refractivity contribution in [3.05, 3.63) is 113 Å². The molecule has 5 rings (SSSR count). The van der Waals surface area contributed by atoms with Gasteiger partial charge in [0.2, 0.25) is 0 Å². The summed E-state index contributed by atoms with van der Waals surface area (Å²) in [6.45, 7) is 4.71. The summed E-state index contributed by atoms with van der Waals surface area (Å²) < 4.78 is 16.9. The van der Waals surface area contributed by atoms with E-state index >= 15 is 0 Å². The van der Waals surface area contributed by atoms with Crippen LogP contribution in [0.3, 0.4) is 0 Å². The van der Waals surface area contributed by atoms with E-state index in [0.717, 1.165) is 22.3 Å². The summed E-state index contributed by atoms with van der Waals surface area (Å²) in [6.07, 6.45) is 3.12. The monoisotopic (exact) mass is 498 g/mol. The molecule has 0 radical (unpaired) electrons. The number of nitrogens with zero attached hydrogens (tertiary/aromatic N) is 2. The number of ether oxygens (including phenoxy) is 1. The minimum absolute atomic E-state index is 0.154. The molecule has 2 atom stereocenters. The van der Waals surface area contributed by atoms with Gasteiger partial charge < -0.3 is 23.4 Å². The van der Waals surface area contributed by atoms with Crippen molar-refractivity contribution < 1.29 is 23.2 Å². The molecule has 2 aromatic carbocycles. The van der Waals surface area contributed by atoms with Crippen molar-refractivity contribution in [2.45, 2.75) is 39.0 Å². The topological polar surface area (TPSA) is 76.1 Å². The second kappa shape index (κ2) is 10.4. The van der Waals surface area contributed by atoms with Gasteiger partial charge in [0.15, 0.2) is 11.9 Å². The molecule has 3 heterocycles. The second-order valence-electron chi connectivity index (χ2n) is 9.44. The van der Waals surface area contributed by atoms with Crippen LogP contribution in [0.15, 0.2) is 88.1 Å². The number of carbonyl (C=O) groups excluding carboxylic acids is 2. The molecule has 37 heavy (non-hydrogen) atoms. The van der Waals surface area contributed by atoms with E-state index in [0.29, 0.717) is 36.8 Å². The summed E-state index contributed by atoms with van der Waals surface area (Å²) in [5.74, 6) is 1.29. The van der Waals surface area contributed by atoms with Gasteiger partial charge in [0.25, 0.3) is 11.8 Å². The minimum atomic E-state index is -0.695. The lowest BCUT2D eigenvalue weighted by Crippen LogP contribution is -2.40. The van der Waals surface area contributed by atoms with Crippen LogP contribution in [-0.2, 0) is 17.8 Å². The van der Waals surface area contributed by atoms with Crippen LogP contribution in [-0.4, -0.2) is 41.3 Å². The average molecular weight is 499 g/mol. The van der Waals surface area contributed by atoms with E-state index in [9.17, 15) is 9.59 Å². The van der Waals surface area contributed by atoms with Crippen LogP contribution < -0.4 is 4.74 Å². The Balaban J connectivity index is 1.43. The summed E-state index contributed by atoms with van der Waals surface area (Å²) in [5.41, 5.74) is 4.26. The zero-order valence-corrected chi connectivity index (χ0v) is 21.2. The normalized spacial score (nSPS) is 15.6. The molecule has 0 fully saturated rings. The van der Waals surface area contributed by atoms with Crippen LogP contribution in [0.5, 0.6) is 5.75 Å². The number of furan rings is 2. The summed E-state index contributed by atoms with van der Waals surface area (Å²) in [6, 6.07) is 20.8. The Hall–Kier alpha value is -4.26. The maximum atomic E-state index is 13.4. The molecule has 4 aromatic rings. The predicted molar refractivity (Wildman–Crippen MR) is 138 cm³/mol. The third-order valence-corrected chi connectivity index (χ3v) is 6.71. The molecule has 0 unspecified atom stereocenters. The molecule has 7 heteroatoms. The molecular weight excluding hydrogens is 468 g/mol. The van der Waals surface area contributed by atoms with Gasteiger partial charge >= 0.3 is 0 Å². The van der Waals surface area contributed by atoms with Crippen molar-refractivity contribution in [2.75, 3.05) is 13.6 Å². The van der Waals surface area contributed by atoms with Gasteiger partial charge in [0, 0.05) is 13.6 Å². The number of carbonyl (C=O) groups is 2. The molecule has 2 amide bonds. The second-order valence-corrected chi connectivity index (χ2v) is 9.44. The Morgan fingerprint density at radius 3 is 2.59 bits per heavy atom. The molecular formula is C30H30N2O5. The van der Waals surface area contributed by atoms with Crippen molar-refractivity contribution >= 4 is 11.8 Å². The van der Waals surface area contributed by atoms with Gasteiger partial charge in [-0.05, 0) is 73.4 Å². The first-order chi connectivity index (χ1) is 17.9. The highest BCUT2D eigenvalue weighted by Crippen LogP contribution is 2.38. The Morgan fingerprint density at radius 1 is 1.05 bits per heavy atom. The van der Waals surface area contributed by atoms with E-state index in [1.54, 1.807) is 43.3 Å². The van der Waals surface area contributed by atoms with Gasteiger partial charge in [-0.1, -0.05) is 35.9 Å². The molecule has 0 aliphatic carbocycles. The molecule has 2 aromatic heterocycles. The molecule has 0 spiro atoms. The molecule has 0 bridgehead atoms. The molecule has 1 aliphatic heterocycles. The van der Waals surface area contributed by atoms with Crippen LogP contribution in [0.4, 0.5) is 0 Å². The number of amides is 2. The van der Waals surface area contributed by atoms with E-state index in [-0.39, 0.29) is 17.9 Å². The first kappa shape index (κ1) is 24.4. The number of benzene rings is 2. The van der Waals surface area contributed by atoms with Crippen LogP contribution in [0.1, 0.15) is 51.5 Å². The largest absolute Gasteiger partial charge is 0.481 e. The van der Waals surface area contributed by atoms with Gasteiger partial charge in [0.05, 0.1) is 25.1 Å². The van der Waals surface area contributed by atoms with E-state index in [1.165, 1.54) is 6.26 Å². The number of aryl methyl sites for hydroxylation is 1. The fraction of sp³-hybridized carbons (Fsp3) is 0.267. The van der Waals surface area contributed by atoms with Crippen molar-refractivity contribution in [3.8, 4) is 5.75 Å². The van der Waals surface area contributed by atoms with Crippen molar-refractivity contribution in [3.63, 3.8) is 0 Å². The summed E-state index contributed by atoms with van der Waals surface area (Å²) >= 11 is 0. The highest BCUT2D eigenvalue weighted by molar-refractivity contribution is 5.92. The number of hydrogen-bond acceptors (Lipinski definition) is 5. The third kappa shape index (κ3) is 5.16. The quantitative estimate of drug-likeness (QED) is 0.341. The van der Waals surface area contributed by atoms with Gasteiger partial charge in [-0.25, -0.2) is 0 Å². The maximum Gasteiger partial charge on any atom is 0.290 e. The maximum absolute atomic E-state index is 13.4. The first-order valence-electron chi connectivity index (χ1n) is 12.4. The van der Waals surface area contributed by atoms with Gasteiger partial charge in [-0.3, -0.25) is 9.59 Å². The van der Waals surface area contributed by atoms with Gasteiger partial charge in [0.1, 0.15) is 11.5 Å². The highest BCUT2D eigenvalue weighted by atomic mass is 16.5. The standard InChI is InChI=1S/C30H30N2O5/c1-20-7-4-8-23(17-20)28-26-18-24(37-21(2)29(33)31(3)19-25-9-5-15-35-25)12-11-22(26)13-14-32(28)30(34)27-10-6-16-36-27/h4-12,15-18,21,28H,13-14,19H2,1-3H3/t21-,28-/m1/s1. The summed E-state index contributed by atoms with van der Waals surface area (Å²) in [4.78, 5) is 29.8. The lowest BCUT2D eigenvalue weighted by molar-refractivity contribution is -0.137.